The summed E-state index contributed by atoms with van der Waals surface area (Å²) in [6.45, 7) is 0.696. The molecule has 0 atom stereocenters. The van der Waals surface area contributed by atoms with Crippen molar-refractivity contribution < 1.29 is 14.4 Å². The molecule has 100 valence electrons. The van der Waals surface area contributed by atoms with Crippen molar-refractivity contribution in [1.29, 1.82) is 0 Å². The SMILES string of the molecule is O=C(O)CCNCc1nc(-c2ccc(Cl)cc2)no1. The van der Waals surface area contributed by atoms with Crippen LogP contribution in [-0.4, -0.2) is 27.8 Å². The van der Waals surface area contributed by atoms with Gasteiger partial charge in [0.05, 0.1) is 13.0 Å². The molecule has 0 saturated carbocycles. The summed E-state index contributed by atoms with van der Waals surface area (Å²) in [5, 5.41) is 15.9. The van der Waals surface area contributed by atoms with Crippen molar-refractivity contribution >= 4 is 17.6 Å². The lowest BCUT2D eigenvalue weighted by atomic mass is 10.2. The molecule has 19 heavy (non-hydrogen) atoms. The van der Waals surface area contributed by atoms with Gasteiger partial charge in [-0.2, -0.15) is 4.98 Å². The van der Waals surface area contributed by atoms with Crippen molar-refractivity contribution in [3.8, 4) is 11.4 Å². The van der Waals surface area contributed by atoms with Crippen LogP contribution < -0.4 is 5.32 Å². The molecule has 1 aromatic heterocycles. The highest BCUT2D eigenvalue weighted by Gasteiger charge is 2.08. The summed E-state index contributed by atoms with van der Waals surface area (Å²) in [5.41, 5.74) is 0.810. The Hall–Kier alpha value is -1.92. The summed E-state index contributed by atoms with van der Waals surface area (Å²) in [7, 11) is 0. The number of hydrogen-bond acceptors (Lipinski definition) is 5. The van der Waals surface area contributed by atoms with Crippen LogP contribution in [0.15, 0.2) is 28.8 Å². The molecule has 0 bridgehead atoms. The number of rotatable bonds is 6. The molecule has 0 unspecified atom stereocenters. The van der Waals surface area contributed by atoms with Crippen LogP contribution in [-0.2, 0) is 11.3 Å². The zero-order valence-electron chi connectivity index (χ0n) is 9.97. The molecule has 0 aliphatic carbocycles. The quantitative estimate of drug-likeness (QED) is 0.787. The molecule has 2 rings (SSSR count). The second-order valence-corrected chi connectivity index (χ2v) is 4.28. The van der Waals surface area contributed by atoms with E-state index in [0.29, 0.717) is 29.8 Å². The zero-order valence-corrected chi connectivity index (χ0v) is 10.7. The smallest absolute Gasteiger partial charge is 0.304 e. The Kier molecular flexibility index (Phi) is 4.48. The number of nitrogens with one attached hydrogen (secondary N) is 1. The van der Waals surface area contributed by atoms with Crippen molar-refractivity contribution in [2.24, 2.45) is 0 Å². The monoisotopic (exact) mass is 281 g/mol. The highest BCUT2D eigenvalue weighted by molar-refractivity contribution is 6.30. The molecule has 6 nitrogen and oxygen atoms in total. The van der Waals surface area contributed by atoms with E-state index in [-0.39, 0.29) is 6.42 Å². The summed E-state index contributed by atoms with van der Waals surface area (Å²) in [4.78, 5) is 14.5. The lowest BCUT2D eigenvalue weighted by molar-refractivity contribution is -0.136. The van der Waals surface area contributed by atoms with Gasteiger partial charge in [-0.1, -0.05) is 16.8 Å². The number of benzene rings is 1. The van der Waals surface area contributed by atoms with Gasteiger partial charge in [-0.05, 0) is 24.3 Å². The maximum atomic E-state index is 10.3. The second-order valence-electron chi connectivity index (χ2n) is 3.84. The number of halogens is 1. The number of carboxylic acid groups (broad SMARTS) is 1. The van der Waals surface area contributed by atoms with E-state index >= 15 is 0 Å². The maximum absolute atomic E-state index is 10.3. The molecular formula is C12H12ClN3O3. The first-order valence-electron chi connectivity index (χ1n) is 5.66. The van der Waals surface area contributed by atoms with Crippen molar-refractivity contribution in [1.82, 2.24) is 15.5 Å². The molecule has 0 spiro atoms. The van der Waals surface area contributed by atoms with Gasteiger partial charge < -0.3 is 14.9 Å². The van der Waals surface area contributed by atoms with E-state index in [1.807, 2.05) is 0 Å². The maximum Gasteiger partial charge on any atom is 0.304 e. The summed E-state index contributed by atoms with van der Waals surface area (Å²) in [6, 6.07) is 7.10. The molecule has 1 heterocycles. The molecule has 0 fully saturated rings. The Labute approximate surface area is 114 Å². The fraction of sp³-hybridized carbons (Fsp3) is 0.250. The van der Waals surface area contributed by atoms with Crippen LogP contribution in [0.4, 0.5) is 0 Å². The average Bonchev–Trinajstić information content (AvgIpc) is 2.84. The third-order valence-electron chi connectivity index (χ3n) is 2.36. The van der Waals surface area contributed by atoms with Gasteiger partial charge in [-0.25, -0.2) is 0 Å². The van der Waals surface area contributed by atoms with Gasteiger partial charge in [-0.15, -0.1) is 0 Å². The largest absolute Gasteiger partial charge is 0.481 e. The van der Waals surface area contributed by atoms with Crippen molar-refractivity contribution in [2.75, 3.05) is 6.54 Å². The van der Waals surface area contributed by atoms with Gasteiger partial charge in [-0.3, -0.25) is 4.79 Å². The molecule has 7 heteroatoms. The first-order chi connectivity index (χ1) is 9.15. The molecule has 0 saturated heterocycles. The Balaban J connectivity index is 1.91. The van der Waals surface area contributed by atoms with Crippen LogP contribution in [0.3, 0.4) is 0 Å². The Morgan fingerprint density at radius 3 is 2.79 bits per heavy atom. The first-order valence-corrected chi connectivity index (χ1v) is 6.04. The number of carbonyl (C=O) groups is 1. The fourth-order valence-electron chi connectivity index (χ4n) is 1.43. The predicted molar refractivity (Wildman–Crippen MR) is 68.7 cm³/mol. The highest BCUT2D eigenvalue weighted by Crippen LogP contribution is 2.18. The summed E-state index contributed by atoms with van der Waals surface area (Å²) in [6.07, 6.45) is 0.0537. The Morgan fingerprint density at radius 2 is 2.11 bits per heavy atom. The van der Waals surface area contributed by atoms with Crippen LogP contribution in [0.5, 0.6) is 0 Å². The molecule has 0 aliphatic heterocycles. The molecule has 1 aromatic carbocycles. The number of hydrogen-bond donors (Lipinski definition) is 2. The minimum atomic E-state index is -0.847. The normalized spacial score (nSPS) is 10.6. The van der Waals surface area contributed by atoms with Crippen LogP contribution in [0, 0.1) is 0 Å². The van der Waals surface area contributed by atoms with E-state index in [1.165, 1.54) is 0 Å². The van der Waals surface area contributed by atoms with Gasteiger partial charge in [0.15, 0.2) is 0 Å². The Bertz CT molecular complexity index is 554. The number of aliphatic carboxylic acids is 1. The van der Waals surface area contributed by atoms with Gasteiger partial charge in [0.25, 0.3) is 0 Å². The molecule has 0 radical (unpaired) electrons. The minimum Gasteiger partial charge on any atom is -0.481 e. The standard InChI is InChI=1S/C12H12ClN3O3/c13-9-3-1-8(2-4-9)12-15-10(19-16-12)7-14-6-5-11(17)18/h1-4,14H,5-7H2,(H,17,18). The van der Waals surface area contributed by atoms with Crippen LogP contribution in [0.2, 0.25) is 5.02 Å². The summed E-state index contributed by atoms with van der Waals surface area (Å²) >= 11 is 5.79. The minimum absolute atomic E-state index is 0.0537. The van der Waals surface area contributed by atoms with Crippen LogP contribution in [0.1, 0.15) is 12.3 Å². The number of carboxylic acids is 1. The lowest BCUT2D eigenvalue weighted by Crippen LogP contribution is -2.17. The summed E-state index contributed by atoms with van der Waals surface area (Å²) in [5.74, 6) is 0.0434. The Morgan fingerprint density at radius 1 is 1.37 bits per heavy atom. The topological polar surface area (TPSA) is 88.2 Å². The molecule has 0 amide bonds. The van der Waals surface area contributed by atoms with Crippen molar-refractivity contribution in [3.63, 3.8) is 0 Å². The van der Waals surface area contributed by atoms with Crippen molar-refractivity contribution in [2.45, 2.75) is 13.0 Å². The number of nitrogens with zero attached hydrogens (tertiary/aromatic N) is 2. The third-order valence-corrected chi connectivity index (χ3v) is 2.61. The second kappa shape index (κ2) is 6.31. The molecular weight excluding hydrogens is 270 g/mol. The van der Waals surface area contributed by atoms with Gasteiger partial charge in [0.2, 0.25) is 11.7 Å². The van der Waals surface area contributed by atoms with Gasteiger partial charge in [0.1, 0.15) is 0 Å². The van der Waals surface area contributed by atoms with E-state index in [2.05, 4.69) is 15.5 Å². The first kappa shape index (κ1) is 13.5. The molecule has 2 N–H and O–H groups in total. The summed E-state index contributed by atoms with van der Waals surface area (Å²) < 4.78 is 5.05. The van der Waals surface area contributed by atoms with E-state index in [4.69, 9.17) is 21.2 Å². The fourth-order valence-corrected chi connectivity index (χ4v) is 1.56. The van der Waals surface area contributed by atoms with Gasteiger partial charge in [0, 0.05) is 17.1 Å². The van der Waals surface area contributed by atoms with E-state index in [0.717, 1.165) is 5.56 Å². The van der Waals surface area contributed by atoms with Gasteiger partial charge >= 0.3 is 5.97 Å². The van der Waals surface area contributed by atoms with E-state index < -0.39 is 5.97 Å². The molecule has 0 aliphatic rings. The lowest BCUT2D eigenvalue weighted by Gasteiger charge is -1.97. The molecule has 2 aromatic rings. The van der Waals surface area contributed by atoms with Crippen molar-refractivity contribution in [3.05, 3.63) is 35.2 Å². The van der Waals surface area contributed by atoms with Crippen LogP contribution >= 0.6 is 11.6 Å². The van der Waals surface area contributed by atoms with E-state index in [9.17, 15) is 4.79 Å². The van der Waals surface area contributed by atoms with E-state index in [1.54, 1.807) is 24.3 Å². The predicted octanol–water partition coefficient (Wildman–Crippen LogP) is 1.95. The third kappa shape index (κ3) is 4.04. The average molecular weight is 282 g/mol. The number of aromatic nitrogens is 2. The highest BCUT2D eigenvalue weighted by atomic mass is 35.5. The van der Waals surface area contributed by atoms with Crippen LogP contribution in [0.25, 0.3) is 11.4 Å². The zero-order chi connectivity index (χ0) is 13.7.